The van der Waals surface area contributed by atoms with E-state index >= 15 is 0 Å². The first-order valence-electron chi connectivity index (χ1n) is 7.07. The summed E-state index contributed by atoms with van der Waals surface area (Å²) in [6, 6.07) is -1.01. The second-order valence-electron chi connectivity index (χ2n) is 5.21. The molecule has 9 nitrogen and oxygen atoms in total. The lowest BCUT2D eigenvalue weighted by Crippen LogP contribution is -2.44. The molecule has 1 atom stereocenters. The zero-order chi connectivity index (χ0) is 17.0. The molecule has 0 aromatic carbocycles. The molecule has 0 rings (SSSR count). The Kier molecular flexibility index (Phi) is 10.7. The molecule has 7 N–H and O–H groups in total. The highest BCUT2D eigenvalue weighted by Crippen LogP contribution is 2.14. The maximum atomic E-state index is 11.6. The average Bonchev–Trinajstić information content (AvgIpc) is 2.51. The maximum Gasteiger partial charge on any atom is 0.326 e. The minimum absolute atomic E-state index is 0.227. The zero-order valence-electron chi connectivity index (χ0n) is 12.5. The van der Waals surface area contributed by atoms with Crippen molar-refractivity contribution in [2.24, 2.45) is 11.1 Å². The van der Waals surface area contributed by atoms with Gasteiger partial charge in [-0.25, -0.2) is 4.79 Å². The molecule has 0 saturated heterocycles. The van der Waals surface area contributed by atoms with Crippen LogP contribution in [0.5, 0.6) is 0 Å². The first-order valence-corrected chi connectivity index (χ1v) is 7.07. The van der Waals surface area contributed by atoms with Crippen LogP contribution in [-0.2, 0) is 14.3 Å². The van der Waals surface area contributed by atoms with Gasteiger partial charge < -0.3 is 36.2 Å². The fourth-order valence-electron chi connectivity index (χ4n) is 1.63. The summed E-state index contributed by atoms with van der Waals surface area (Å²) >= 11 is 0. The molecule has 0 aliphatic rings. The van der Waals surface area contributed by atoms with E-state index in [1.165, 1.54) is 0 Å². The van der Waals surface area contributed by atoms with Crippen molar-refractivity contribution in [3.05, 3.63) is 0 Å². The number of nitrogens with two attached hydrogens (primary N) is 1. The van der Waals surface area contributed by atoms with Crippen LogP contribution < -0.4 is 11.1 Å². The van der Waals surface area contributed by atoms with Crippen LogP contribution in [0.4, 0.5) is 0 Å². The van der Waals surface area contributed by atoms with Crippen LogP contribution in [-0.4, -0.2) is 77.9 Å². The number of amides is 1. The molecule has 0 radical (unpaired) electrons. The molecule has 9 heteroatoms. The number of unbranched alkanes of at least 4 members (excludes halogenated alkanes) is 1. The van der Waals surface area contributed by atoms with Gasteiger partial charge in [-0.1, -0.05) is 0 Å². The van der Waals surface area contributed by atoms with E-state index in [9.17, 15) is 9.59 Å². The van der Waals surface area contributed by atoms with E-state index in [0.717, 1.165) is 0 Å². The van der Waals surface area contributed by atoms with Crippen LogP contribution in [0, 0.1) is 5.41 Å². The van der Waals surface area contributed by atoms with Gasteiger partial charge in [-0.05, 0) is 25.8 Å². The monoisotopic (exact) mass is 322 g/mol. The van der Waals surface area contributed by atoms with Gasteiger partial charge in [-0.15, -0.1) is 0 Å². The second kappa shape index (κ2) is 11.3. The first kappa shape index (κ1) is 20.7. The fourth-order valence-corrected chi connectivity index (χ4v) is 1.63. The quantitative estimate of drug-likeness (QED) is 0.206. The fraction of sp³-hybridized carbons (Fsp3) is 0.846. The van der Waals surface area contributed by atoms with Crippen LogP contribution in [0.15, 0.2) is 0 Å². The normalized spacial score (nSPS) is 12.9. The Hall–Kier alpha value is -1.26. The molecule has 0 spiro atoms. The third-order valence-corrected chi connectivity index (χ3v) is 3.23. The molecule has 0 bridgehead atoms. The lowest BCUT2D eigenvalue weighted by molar-refractivity contribution is -0.143. The van der Waals surface area contributed by atoms with Crippen molar-refractivity contribution in [3.8, 4) is 0 Å². The zero-order valence-corrected chi connectivity index (χ0v) is 12.5. The third-order valence-electron chi connectivity index (χ3n) is 3.23. The molecular formula is C13H26N2O7. The predicted molar refractivity (Wildman–Crippen MR) is 77.0 cm³/mol. The summed E-state index contributed by atoms with van der Waals surface area (Å²) in [5.74, 6) is -1.76. The van der Waals surface area contributed by atoms with E-state index in [0.29, 0.717) is 19.4 Å². The molecule has 0 aliphatic carbocycles. The summed E-state index contributed by atoms with van der Waals surface area (Å²) in [5.41, 5.74) is 4.09. The van der Waals surface area contributed by atoms with Crippen molar-refractivity contribution < 1.29 is 34.8 Å². The van der Waals surface area contributed by atoms with Gasteiger partial charge in [-0.3, -0.25) is 4.79 Å². The molecule has 0 saturated carbocycles. The molecule has 0 heterocycles. The van der Waals surface area contributed by atoms with Gasteiger partial charge in [0.25, 0.3) is 0 Å². The maximum absolute atomic E-state index is 11.6. The number of carbonyl (C=O) groups is 2. The number of carboxylic acids is 1. The number of rotatable bonds is 13. The molecule has 22 heavy (non-hydrogen) atoms. The lowest BCUT2D eigenvalue weighted by Gasteiger charge is -2.26. The smallest absolute Gasteiger partial charge is 0.326 e. The number of hydrogen-bond donors (Lipinski definition) is 6. The number of nitrogens with one attached hydrogen (secondary N) is 1. The molecule has 130 valence electrons. The molecule has 0 aliphatic heterocycles. The number of aliphatic carboxylic acids is 1. The van der Waals surface area contributed by atoms with Crippen LogP contribution in [0.3, 0.4) is 0 Å². The van der Waals surface area contributed by atoms with E-state index in [1.807, 2.05) is 0 Å². The number of carbonyl (C=O) groups excluding carboxylic acids is 1. The van der Waals surface area contributed by atoms with Gasteiger partial charge in [0.05, 0.1) is 31.8 Å². The second-order valence-corrected chi connectivity index (χ2v) is 5.21. The summed E-state index contributed by atoms with van der Waals surface area (Å²) in [4.78, 5) is 22.6. The minimum Gasteiger partial charge on any atom is -0.480 e. The van der Waals surface area contributed by atoms with E-state index < -0.39 is 49.8 Å². The molecule has 0 fully saturated rings. The van der Waals surface area contributed by atoms with Gasteiger partial charge in [0.2, 0.25) is 5.91 Å². The van der Waals surface area contributed by atoms with Crippen LogP contribution in [0.25, 0.3) is 0 Å². The summed E-state index contributed by atoms with van der Waals surface area (Å²) in [6.07, 6.45) is 1.52. The van der Waals surface area contributed by atoms with Gasteiger partial charge >= 0.3 is 5.97 Å². The van der Waals surface area contributed by atoms with Crippen molar-refractivity contribution >= 4 is 11.9 Å². The number of hydrogen-bond acceptors (Lipinski definition) is 7. The minimum atomic E-state index is -1.23. The van der Waals surface area contributed by atoms with Crippen molar-refractivity contribution in [3.63, 3.8) is 0 Å². The molecule has 1 amide bonds. The highest BCUT2D eigenvalue weighted by Gasteiger charge is 2.29. The van der Waals surface area contributed by atoms with Crippen molar-refractivity contribution in [1.29, 1.82) is 0 Å². The highest BCUT2D eigenvalue weighted by molar-refractivity contribution is 5.84. The van der Waals surface area contributed by atoms with Crippen LogP contribution in [0.2, 0.25) is 0 Å². The number of aliphatic hydroxyl groups is 3. The van der Waals surface area contributed by atoms with E-state index in [2.05, 4.69) is 5.32 Å². The van der Waals surface area contributed by atoms with Crippen LogP contribution >= 0.6 is 0 Å². The first-order chi connectivity index (χ1) is 10.4. The van der Waals surface area contributed by atoms with E-state index in [1.54, 1.807) is 0 Å². The molecule has 0 aromatic heterocycles. The Morgan fingerprint density at radius 3 is 2.18 bits per heavy atom. The molecular weight excluding hydrogens is 296 g/mol. The average molecular weight is 322 g/mol. The van der Waals surface area contributed by atoms with E-state index in [4.69, 9.17) is 30.9 Å². The summed E-state index contributed by atoms with van der Waals surface area (Å²) in [7, 11) is 0. The summed E-state index contributed by atoms with van der Waals surface area (Å²) < 4.78 is 5.03. The number of ether oxygens (including phenoxy) is 1. The Morgan fingerprint density at radius 2 is 1.73 bits per heavy atom. The van der Waals surface area contributed by atoms with Crippen LogP contribution in [0.1, 0.15) is 19.3 Å². The van der Waals surface area contributed by atoms with Crippen molar-refractivity contribution in [1.82, 2.24) is 5.32 Å². The number of carboxylic acid groups (broad SMARTS) is 1. The van der Waals surface area contributed by atoms with Crippen molar-refractivity contribution in [2.45, 2.75) is 25.3 Å². The van der Waals surface area contributed by atoms with Crippen molar-refractivity contribution in [2.75, 3.05) is 39.6 Å². The highest BCUT2D eigenvalue weighted by atomic mass is 16.5. The Morgan fingerprint density at radius 1 is 1.14 bits per heavy atom. The summed E-state index contributed by atoms with van der Waals surface area (Å²) in [5, 5.41) is 38.6. The molecule has 0 aromatic rings. The number of aliphatic hydroxyl groups excluding tert-OH is 3. The topological polar surface area (TPSA) is 162 Å². The van der Waals surface area contributed by atoms with E-state index in [-0.39, 0.29) is 13.0 Å². The standard InChI is InChI=1S/C13H26N2O7/c14-4-2-1-3-10(12(20)21)15-11(19)5-22-9-13(6-16,7-17)8-18/h10,16-18H,1-9,14H2,(H,15,19)(H,20,21)/t10-/m0/s1. The Labute approximate surface area is 129 Å². The van der Waals surface area contributed by atoms with Gasteiger partial charge in [-0.2, -0.15) is 0 Å². The predicted octanol–water partition coefficient (Wildman–Crippen LogP) is -2.34. The largest absolute Gasteiger partial charge is 0.480 e. The Balaban J connectivity index is 4.21. The SMILES string of the molecule is NCCCC[C@H](NC(=O)COCC(CO)(CO)CO)C(=O)O. The summed E-state index contributed by atoms with van der Waals surface area (Å²) in [6.45, 7) is -1.71. The van der Waals surface area contributed by atoms with Gasteiger partial charge in [0.1, 0.15) is 12.6 Å². The van der Waals surface area contributed by atoms with Gasteiger partial charge in [0, 0.05) is 0 Å². The molecule has 0 unspecified atom stereocenters. The lowest BCUT2D eigenvalue weighted by atomic mass is 9.93. The third kappa shape index (κ3) is 7.66. The Bertz CT molecular complexity index is 326. The van der Waals surface area contributed by atoms with Gasteiger partial charge in [0.15, 0.2) is 0 Å².